The summed E-state index contributed by atoms with van der Waals surface area (Å²) < 4.78 is 0. The summed E-state index contributed by atoms with van der Waals surface area (Å²) >= 11 is 0. The molecule has 1 nitrogen and oxygen atoms in total. The van der Waals surface area contributed by atoms with Gasteiger partial charge in [0.25, 0.3) is 0 Å². The summed E-state index contributed by atoms with van der Waals surface area (Å²) in [6.45, 7) is 0. The number of hydrogen-bond acceptors (Lipinski definition) is 1. The number of hydrogen-bond donors (Lipinski definition) is 0. The monoisotopic (exact) mass is 207 g/mol. The maximum Gasteiger partial charge on any atom is 0.0340 e. The molecule has 1 heteroatoms. The second-order valence-electron chi connectivity index (χ2n) is 4.21. The first-order chi connectivity index (χ1) is 7.92. The molecule has 0 spiro atoms. The van der Waals surface area contributed by atoms with Crippen molar-refractivity contribution in [2.75, 3.05) is 0 Å². The molecular weight excluding hydrogens is 194 g/mol. The normalized spacial score (nSPS) is 13.6. The number of pyridine rings is 1. The first kappa shape index (κ1) is 9.34. The van der Waals surface area contributed by atoms with E-state index in [2.05, 4.69) is 41.4 Å². The van der Waals surface area contributed by atoms with Gasteiger partial charge >= 0.3 is 0 Å². The van der Waals surface area contributed by atoms with E-state index in [1.807, 2.05) is 18.5 Å². The van der Waals surface area contributed by atoms with E-state index in [1.54, 1.807) is 0 Å². The van der Waals surface area contributed by atoms with Gasteiger partial charge in [-0.2, -0.15) is 0 Å². The zero-order valence-electron chi connectivity index (χ0n) is 9.06. The minimum atomic E-state index is 1.09. The summed E-state index contributed by atoms with van der Waals surface area (Å²) in [7, 11) is 0. The smallest absolute Gasteiger partial charge is 0.0340 e. The molecule has 0 saturated heterocycles. The molecule has 0 unspecified atom stereocenters. The van der Waals surface area contributed by atoms with Crippen molar-refractivity contribution < 1.29 is 0 Å². The lowest BCUT2D eigenvalue weighted by atomic mass is 10.1. The molecule has 0 atom stereocenters. The molecule has 2 aromatic rings. The molecule has 0 amide bonds. The molecule has 0 aliphatic heterocycles. The summed E-state index contributed by atoms with van der Waals surface area (Å²) in [6.07, 6.45) is 8.16. The van der Waals surface area contributed by atoms with Gasteiger partial charge in [-0.3, -0.25) is 4.98 Å². The van der Waals surface area contributed by atoms with Gasteiger partial charge in [0, 0.05) is 12.4 Å². The van der Waals surface area contributed by atoms with Crippen molar-refractivity contribution in [3.63, 3.8) is 0 Å². The van der Waals surface area contributed by atoms with Crippen molar-refractivity contribution in [2.45, 2.75) is 12.8 Å². The molecule has 3 rings (SSSR count). The number of nitrogens with zero attached hydrogens (tertiary/aromatic N) is 1. The summed E-state index contributed by atoms with van der Waals surface area (Å²) in [6, 6.07) is 12.8. The summed E-state index contributed by atoms with van der Waals surface area (Å²) in [5.74, 6) is 0. The Bertz CT molecular complexity index is 499. The number of allylic oxidation sites excluding steroid dienone is 1. The molecule has 0 radical (unpaired) electrons. The minimum absolute atomic E-state index is 1.09. The average molecular weight is 207 g/mol. The van der Waals surface area contributed by atoms with Crippen LogP contribution >= 0.6 is 0 Å². The Labute approximate surface area is 95.5 Å². The van der Waals surface area contributed by atoms with E-state index < -0.39 is 0 Å². The number of aromatic nitrogens is 1. The van der Waals surface area contributed by atoms with Gasteiger partial charge in [0.2, 0.25) is 0 Å². The van der Waals surface area contributed by atoms with Gasteiger partial charge in [-0.1, -0.05) is 42.0 Å². The fourth-order valence-corrected chi connectivity index (χ4v) is 2.25. The van der Waals surface area contributed by atoms with Crippen molar-refractivity contribution in [3.05, 3.63) is 71.1 Å². The van der Waals surface area contributed by atoms with Crippen LogP contribution in [0.3, 0.4) is 0 Å². The van der Waals surface area contributed by atoms with Crippen molar-refractivity contribution in [1.29, 1.82) is 0 Å². The topological polar surface area (TPSA) is 12.9 Å². The third-order valence-electron chi connectivity index (χ3n) is 3.01. The van der Waals surface area contributed by atoms with Gasteiger partial charge in [-0.15, -0.1) is 0 Å². The summed E-state index contributed by atoms with van der Waals surface area (Å²) in [5.41, 5.74) is 5.62. The SMILES string of the molecule is C(=C1Cc2ccccc2C1)c1cccnc1. The van der Waals surface area contributed by atoms with Crippen LogP contribution in [0.5, 0.6) is 0 Å². The van der Waals surface area contributed by atoms with E-state index in [9.17, 15) is 0 Å². The standard InChI is InChI=1S/C15H13N/c1-2-6-15-10-13(9-14(15)5-1)8-12-4-3-7-16-11-12/h1-8,11H,9-10H2. The van der Waals surface area contributed by atoms with Crippen LogP contribution in [0, 0.1) is 0 Å². The number of fused-ring (bicyclic) bond motifs is 1. The van der Waals surface area contributed by atoms with Crippen molar-refractivity contribution in [3.8, 4) is 0 Å². The first-order valence-electron chi connectivity index (χ1n) is 5.58. The highest BCUT2D eigenvalue weighted by molar-refractivity contribution is 5.57. The molecular formula is C15H13N. The number of rotatable bonds is 1. The van der Waals surface area contributed by atoms with Gasteiger partial charge in [0.1, 0.15) is 0 Å². The van der Waals surface area contributed by atoms with E-state index in [0.29, 0.717) is 0 Å². The Morgan fingerprint density at radius 1 is 0.938 bits per heavy atom. The maximum atomic E-state index is 4.13. The first-order valence-corrected chi connectivity index (χ1v) is 5.58. The zero-order valence-corrected chi connectivity index (χ0v) is 9.06. The lowest BCUT2D eigenvalue weighted by molar-refractivity contribution is 1.19. The Hall–Kier alpha value is -1.89. The van der Waals surface area contributed by atoms with Gasteiger partial charge < -0.3 is 0 Å². The second-order valence-corrected chi connectivity index (χ2v) is 4.21. The highest BCUT2D eigenvalue weighted by atomic mass is 14.6. The van der Waals surface area contributed by atoms with E-state index in [-0.39, 0.29) is 0 Å². The molecule has 16 heavy (non-hydrogen) atoms. The Morgan fingerprint density at radius 3 is 2.31 bits per heavy atom. The van der Waals surface area contributed by atoms with E-state index >= 15 is 0 Å². The summed E-state index contributed by atoms with van der Waals surface area (Å²) in [4.78, 5) is 4.13. The molecule has 1 aromatic carbocycles. The fraction of sp³-hybridized carbons (Fsp3) is 0.133. The minimum Gasteiger partial charge on any atom is -0.264 e. The van der Waals surface area contributed by atoms with E-state index in [0.717, 1.165) is 12.8 Å². The largest absolute Gasteiger partial charge is 0.264 e. The molecule has 78 valence electrons. The quantitative estimate of drug-likeness (QED) is 0.699. The molecule has 0 N–H and O–H groups in total. The molecule has 1 heterocycles. The van der Waals surface area contributed by atoms with Crippen LogP contribution in [0.25, 0.3) is 6.08 Å². The molecule has 0 bridgehead atoms. The van der Waals surface area contributed by atoms with Crippen LogP contribution < -0.4 is 0 Å². The Kier molecular flexibility index (Phi) is 2.30. The second kappa shape index (κ2) is 3.93. The van der Waals surface area contributed by atoms with E-state index in [4.69, 9.17) is 0 Å². The molecule has 0 saturated carbocycles. The third kappa shape index (κ3) is 1.76. The third-order valence-corrected chi connectivity index (χ3v) is 3.01. The average Bonchev–Trinajstić information content (AvgIpc) is 2.72. The molecule has 1 aromatic heterocycles. The summed E-state index contributed by atoms with van der Waals surface area (Å²) in [5, 5.41) is 0. The molecule has 1 aliphatic rings. The van der Waals surface area contributed by atoms with Gasteiger partial charge in [-0.25, -0.2) is 0 Å². The number of benzene rings is 1. The highest BCUT2D eigenvalue weighted by Gasteiger charge is 2.13. The van der Waals surface area contributed by atoms with Crippen molar-refractivity contribution >= 4 is 6.08 Å². The van der Waals surface area contributed by atoms with Crippen LogP contribution in [0.2, 0.25) is 0 Å². The lowest BCUT2D eigenvalue weighted by Gasteiger charge is -1.95. The predicted molar refractivity (Wildman–Crippen MR) is 66.1 cm³/mol. The van der Waals surface area contributed by atoms with Crippen molar-refractivity contribution in [2.24, 2.45) is 0 Å². The fourth-order valence-electron chi connectivity index (χ4n) is 2.25. The Morgan fingerprint density at radius 2 is 1.69 bits per heavy atom. The van der Waals surface area contributed by atoms with E-state index in [1.165, 1.54) is 22.3 Å². The molecule has 1 aliphatic carbocycles. The van der Waals surface area contributed by atoms with Gasteiger partial charge in [-0.05, 0) is 35.6 Å². The van der Waals surface area contributed by atoms with Crippen LogP contribution in [0.15, 0.2) is 54.4 Å². The van der Waals surface area contributed by atoms with Crippen LogP contribution in [-0.4, -0.2) is 4.98 Å². The van der Waals surface area contributed by atoms with Crippen LogP contribution in [0.4, 0.5) is 0 Å². The highest BCUT2D eigenvalue weighted by Crippen LogP contribution is 2.27. The van der Waals surface area contributed by atoms with Gasteiger partial charge in [0.15, 0.2) is 0 Å². The Balaban J connectivity index is 1.89. The maximum absolute atomic E-state index is 4.13. The van der Waals surface area contributed by atoms with Crippen LogP contribution in [-0.2, 0) is 12.8 Å². The zero-order chi connectivity index (χ0) is 10.8. The predicted octanol–water partition coefficient (Wildman–Crippen LogP) is 3.26. The van der Waals surface area contributed by atoms with Gasteiger partial charge in [0.05, 0.1) is 0 Å². The molecule has 0 fully saturated rings. The van der Waals surface area contributed by atoms with Crippen molar-refractivity contribution in [1.82, 2.24) is 4.98 Å². The lowest BCUT2D eigenvalue weighted by Crippen LogP contribution is -1.82. The van der Waals surface area contributed by atoms with Crippen LogP contribution in [0.1, 0.15) is 16.7 Å².